The summed E-state index contributed by atoms with van der Waals surface area (Å²) in [7, 11) is 0. The van der Waals surface area contributed by atoms with Gasteiger partial charge in [-0.15, -0.1) is 11.3 Å². The molecule has 0 radical (unpaired) electrons. The molecule has 156 valence electrons. The Morgan fingerprint density at radius 2 is 1.94 bits per heavy atom. The largest absolute Gasteiger partial charge is 0.503 e. The molecule has 3 aromatic rings. The lowest BCUT2D eigenvalue weighted by Gasteiger charge is -2.24. The molecule has 2 heterocycles. The summed E-state index contributed by atoms with van der Waals surface area (Å²) in [5.41, 5.74) is 1.54. The van der Waals surface area contributed by atoms with Gasteiger partial charge in [0, 0.05) is 11.6 Å². The number of benzene rings is 2. The zero-order valence-electron chi connectivity index (χ0n) is 16.8. The van der Waals surface area contributed by atoms with Crippen molar-refractivity contribution in [1.82, 2.24) is 4.98 Å². The number of thiazole rings is 1. The Morgan fingerprint density at radius 3 is 2.58 bits per heavy atom. The smallest absolute Gasteiger partial charge is 0.296 e. The Morgan fingerprint density at radius 1 is 1.19 bits per heavy atom. The fourth-order valence-electron chi connectivity index (χ4n) is 3.44. The first-order valence-electron chi connectivity index (χ1n) is 9.76. The van der Waals surface area contributed by atoms with Crippen LogP contribution in [-0.2, 0) is 9.59 Å². The third-order valence-corrected chi connectivity index (χ3v) is 5.60. The maximum atomic E-state index is 13.1. The van der Waals surface area contributed by atoms with E-state index in [4.69, 9.17) is 4.74 Å². The van der Waals surface area contributed by atoms with Crippen molar-refractivity contribution in [3.05, 3.63) is 94.7 Å². The molecule has 1 atom stereocenters. The number of allylic oxidation sites excluding steroid dienone is 1. The monoisotopic (exact) mass is 432 g/mol. The molecule has 0 spiro atoms. The van der Waals surface area contributed by atoms with E-state index in [0.717, 1.165) is 5.56 Å². The van der Waals surface area contributed by atoms with Gasteiger partial charge in [0.05, 0.1) is 18.2 Å². The van der Waals surface area contributed by atoms with Gasteiger partial charge in [-0.2, -0.15) is 0 Å². The van der Waals surface area contributed by atoms with Crippen LogP contribution in [-0.4, -0.2) is 28.4 Å². The van der Waals surface area contributed by atoms with Crippen LogP contribution in [0.5, 0.6) is 5.75 Å². The van der Waals surface area contributed by atoms with Gasteiger partial charge in [0.2, 0.25) is 0 Å². The molecule has 1 aromatic heterocycles. The number of aliphatic hydroxyl groups is 1. The summed E-state index contributed by atoms with van der Waals surface area (Å²) in [6.07, 6.45) is 4.62. The van der Waals surface area contributed by atoms with Gasteiger partial charge in [0.25, 0.3) is 5.91 Å². The Kier molecular flexibility index (Phi) is 5.95. The van der Waals surface area contributed by atoms with Crippen LogP contribution in [0.1, 0.15) is 24.1 Å². The molecule has 1 unspecified atom stereocenters. The van der Waals surface area contributed by atoms with E-state index in [0.29, 0.717) is 23.1 Å². The second-order valence-corrected chi connectivity index (χ2v) is 7.64. The third kappa shape index (κ3) is 4.13. The molecule has 1 aliphatic rings. The highest BCUT2D eigenvalue weighted by Gasteiger charge is 2.44. The van der Waals surface area contributed by atoms with E-state index in [1.54, 1.807) is 41.9 Å². The molecule has 4 rings (SSSR count). The fraction of sp³-hybridized carbons (Fsp3) is 0.125. The van der Waals surface area contributed by atoms with Crippen LogP contribution in [0, 0.1) is 0 Å². The van der Waals surface area contributed by atoms with Gasteiger partial charge < -0.3 is 9.84 Å². The predicted octanol–water partition coefficient (Wildman–Crippen LogP) is 4.72. The minimum absolute atomic E-state index is 0.0246. The molecule has 0 saturated heterocycles. The first-order valence-corrected chi connectivity index (χ1v) is 10.6. The highest BCUT2D eigenvalue weighted by Crippen LogP contribution is 2.42. The summed E-state index contributed by atoms with van der Waals surface area (Å²) in [5.74, 6) is -0.962. The van der Waals surface area contributed by atoms with Crippen molar-refractivity contribution in [2.75, 3.05) is 11.5 Å². The SMILES string of the molecule is CCOc1ccc(C2C(C(=O)C=Cc3ccccc3)=C(O)C(=O)N2c2nccs2)cc1. The Labute approximate surface area is 183 Å². The van der Waals surface area contributed by atoms with Crippen LogP contribution >= 0.6 is 11.3 Å². The number of carbonyl (C=O) groups excluding carboxylic acids is 2. The molecule has 1 N–H and O–H groups in total. The summed E-state index contributed by atoms with van der Waals surface area (Å²) < 4.78 is 5.50. The molecule has 0 saturated carbocycles. The molecule has 1 aliphatic heterocycles. The standard InChI is InChI=1S/C24H20N2O4S/c1-2-30-18-11-9-17(10-12-18)21-20(19(27)13-8-16-6-4-3-5-7-16)22(28)23(29)26(21)24-25-14-15-31-24/h3-15,21,28H,2H2,1H3. The zero-order chi connectivity index (χ0) is 21.8. The molecule has 2 aromatic carbocycles. The lowest BCUT2D eigenvalue weighted by Crippen LogP contribution is -2.30. The molecule has 7 heteroatoms. The molecule has 0 bridgehead atoms. The van der Waals surface area contributed by atoms with E-state index in [9.17, 15) is 14.7 Å². The fourth-order valence-corrected chi connectivity index (χ4v) is 4.11. The van der Waals surface area contributed by atoms with Gasteiger partial charge in [-0.05, 0) is 36.3 Å². The van der Waals surface area contributed by atoms with Crippen molar-refractivity contribution < 1.29 is 19.4 Å². The first-order chi connectivity index (χ1) is 15.1. The predicted molar refractivity (Wildman–Crippen MR) is 120 cm³/mol. The van der Waals surface area contributed by atoms with E-state index in [-0.39, 0.29) is 5.57 Å². The van der Waals surface area contributed by atoms with Gasteiger partial charge >= 0.3 is 0 Å². The number of aliphatic hydroxyl groups excluding tert-OH is 1. The maximum absolute atomic E-state index is 13.1. The van der Waals surface area contributed by atoms with E-state index in [1.807, 2.05) is 37.3 Å². The van der Waals surface area contributed by atoms with Crippen molar-refractivity contribution >= 4 is 34.2 Å². The van der Waals surface area contributed by atoms with E-state index in [2.05, 4.69) is 4.98 Å². The number of ketones is 1. The lowest BCUT2D eigenvalue weighted by atomic mass is 9.95. The lowest BCUT2D eigenvalue weighted by molar-refractivity contribution is -0.117. The minimum atomic E-state index is -0.790. The molecule has 1 amide bonds. The third-order valence-electron chi connectivity index (χ3n) is 4.83. The number of ether oxygens (including phenoxy) is 1. The van der Waals surface area contributed by atoms with Gasteiger partial charge in [-0.3, -0.25) is 14.5 Å². The van der Waals surface area contributed by atoms with Crippen LogP contribution in [0.25, 0.3) is 6.08 Å². The summed E-state index contributed by atoms with van der Waals surface area (Å²) in [6.45, 7) is 2.42. The number of amides is 1. The second kappa shape index (κ2) is 8.97. The Balaban J connectivity index is 1.74. The molecular formula is C24H20N2O4S. The number of hydrogen-bond donors (Lipinski definition) is 1. The maximum Gasteiger partial charge on any atom is 0.296 e. The number of carbonyl (C=O) groups is 2. The summed E-state index contributed by atoms with van der Waals surface area (Å²) in [6, 6.07) is 15.7. The number of aromatic nitrogens is 1. The average Bonchev–Trinajstić information content (AvgIpc) is 3.40. The van der Waals surface area contributed by atoms with E-state index in [1.165, 1.54) is 22.3 Å². The minimum Gasteiger partial charge on any atom is -0.503 e. The molecular weight excluding hydrogens is 412 g/mol. The Hall–Kier alpha value is -3.71. The average molecular weight is 433 g/mol. The number of nitrogens with zero attached hydrogens (tertiary/aromatic N) is 2. The number of hydrogen-bond acceptors (Lipinski definition) is 6. The van der Waals surface area contributed by atoms with Crippen LogP contribution < -0.4 is 9.64 Å². The molecule has 0 aliphatic carbocycles. The molecule has 31 heavy (non-hydrogen) atoms. The van der Waals surface area contributed by atoms with Gasteiger partial charge in [-0.1, -0.05) is 48.5 Å². The van der Waals surface area contributed by atoms with Crippen LogP contribution in [0.15, 0.2) is 83.6 Å². The molecule has 6 nitrogen and oxygen atoms in total. The van der Waals surface area contributed by atoms with Crippen molar-refractivity contribution in [2.45, 2.75) is 13.0 Å². The van der Waals surface area contributed by atoms with E-state index < -0.39 is 23.5 Å². The normalized spacial score (nSPS) is 16.4. The number of anilines is 1. The highest BCUT2D eigenvalue weighted by atomic mass is 32.1. The van der Waals surface area contributed by atoms with Crippen molar-refractivity contribution in [3.8, 4) is 5.75 Å². The van der Waals surface area contributed by atoms with Crippen LogP contribution in [0.3, 0.4) is 0 Å². The summed E-state index contributed by atoms with van der Waals surface area (Å²) >= 11 is 1.26. The van der Waals surface area contributed by atoms with Crippen molar-refractivity contribution in [2.24, 2.45) is 0 Å². The quantitative estimate of drug-likeness (QED) is 0.546. The van der Waals surface area contributed by atoms with Gasteiger partial charge in [0.1, 0.15) is 5.75 Å². The van der Waals surface area contributed by atoms with Crippen molar-refractivity contribution in [1.29, 1.82) is 0 Å². The molecule has 0 fully saturated rings. The summed E-state index contributed by atoms with van der Waals surface area (Å²) in [4.78, 5) is 31.6. The first kappa shape index (κ1) is 20.6. The zero-order valence-corrected chi connectivity index (χ0v) is 17.6. The highest BCUT2D eigenvalue weighted by molar-refractivity contribution is 7.13. The van der Waals surface area contributed by atoms with Gasteiger partial charge in [-0.25, -0.2) is 4.98 Å². The van der Waals surface area contributed by atoms with Gasteiger partial charge in [0.15, 0.2) is 16.7 Å². The van der Waals surface area contributed by atoms with E-state index >= 15 is 0 Å². The van der Waals surface area contributed by atoms with Crippen molar-refractivity contribution in [3.63, 3.8) is 0 Å². The Bertz CT molecular complexity index is 1140. The van der Waals surface area contributed by atoms with Crippen LogP contribution in [0.2, 0.25) is 0 Å². The topological polar surface area (TPSA) is 79.7 Å². The van der Waals surface area contributed by atoms with Crippen LogP contribution in [0.4, 0.5) is 5.13 Å². The summed E-state index contributed by atoms with van der Waals surface area (Å²) in [5, 5.41) is 12.8. The second-order valence-electron chi connectivity index (χ2n) is 6.76. The number of rotatable bonds is 7.